The van der Waals surface area contributed by atoms with Crippen LogP contribution in [-0.2, 0) is 13.6 Å². The van der Waals surface area contributed by atoms with E-state index in [0.717, 1.165) is 43.8 Å². The van der Waals surface area contributed by atoms with Gasteiger partial charge in [-0.25, -0.2) is 4.68 Å². The molecule has 118 valence electrons. The van der Waals surface area contributed by atoms with Gasteiger partial charge in [-0.3, -0.25) is 9.80 Å². The van der Waals surface area contributed by atoms with Crippen molar-refractivity contribution >= 4 is 0 Å². The fourth-order valence-corrected chi connectivity index (χ4v) is 3.58. The van der Waals surface area contributed by atoms with E-state index in [1.54, 1.807) is 7.11 Å². The van der Waals surface area contributed by atoms with Crippen LogP contribution in [0.1, 0.15) is 17.7 Å². The lowest BCUT2D eigenvalue weighted by atomic mass is 10.1. The molecule has 6 nitrogen and oxygen atoms in total. The molecule has 2 aliphatic heterocycles. The molecule has 0 aromatic carbocycles. The SMILES string of the molecule is COc1c(CN2CCN(C3CCNC3)CC2)c(C)nn1C. The molecule has 1 atom stereocenters. The van der Waals surface area contributed by atoms with E-state index in [0.29, 0.717) is 0 Å². The number of rotatable bonds is 4. The quantitative estimate of drug-likeness (QED) is 0.860. The average Bonchev–Trinajstić information content (AvgIpc) is 3.09. The van der Waals surface area contributed by atoms with Crippen molar-refractivity contribution in [3.8, 4) is 5.88 Å². The highest BCUT2D eigenvalue weighted by atomic mass is 16.5. The van der Waals surface area contributed by atoms with Gasteiger partial charge in [0.1, 0.15) is 0 Å². The number of ether oxygens (including phenoxy) is 1. The van der Waals surface area contributed by atoms with E-state index >= 15 is 0 Å². The van der Waals surface area contributed by atoms with Crippen molar-refractivity contribution in [1.29, 1.82) is 0 Å². The molecule has 0 radical (unpaired) electrons. The van der Waals surface area contributed by atoms with E-state index in [9.17, 15) is 0 Å². The first-order valence-electron chi connectivity index (χ1n) is 7.92. The van der Waals surface area contributed by atoms with Crippen LogP contribution in [0.15, 0.2) is 0 Å². The number of piperazine rings is 1. The van der Waals surface area contributed by atoms with Gasteiger partial charge in [0.25, 0.3) is 0 Å². The van der Waals surface area contributed by atoms with E-state index in [-0.39, 0.29) is 0 Å². The molecule has 1 aromatic heterocycles. The molecule has 1 N–H and O–H groups in total. The third kappa shape index (κ3) is 3.07. The summed E-state index contributed by atoms with van der Waals surface area (Å²) >= 11 is 0. The van der Waals surface area contributed by atoms with Crippen LogP contribution in [0.25, 0.3) is 0 Å². The molecule has 2 saturated heterocycles. The number of hydrogen-bond acceptors (Lipinski definition) is 5. The van der Waals surface area contributed by atoms with Crippen molar-refractivity contribution in [1.82, 2.24) is 24.9 Å². The Hall–Kier alpha value is -1.11. The molecule has 1 aromatic rings. The fraction of sp³-hybridized carbons (Fsp3) is 0.800. The Bertz CT molecular complexity index is 473. The Morgan fingerprint density at radius 2 is 2.05 bits per heavy atom. The normalized spacial score (nSPS) is 24.6. The largest absolute Gasteiger partial charge is 0.481 e. The van der Waals surface area contributed by atoms with Gasteiger partial charge in [-0.1, -0.05) is 0 Å². The average molecular weight is 293 g/mol. The summed E-state index contributed by atoms with van der Waals surface area (Å²) < 4.78 is 7.33. The van der Waals surface area contributed by atoms with E-state index in [2.05, 4.69) is 27.1 Å². The standard InChI is InChI=1S/C15H27N5O/c1-12-14(15(21-3)18(2)17-12)11-19-6-8-20(9-7-19)13-4-5-16-10-13/h13,16H,4-11H2,1-3H3. The zero-order valence-corrected chi connectivity index (χ0v) is 13.4. The van der Waals surface area contributed by atoms with Crippen LogP contribution in [0.2, 0.25) is 0 Å². The van der Waals surface area contributed by atoms with E-state index < -0.39 is 0 Å². The van der Waals surface area contributed by atoms with Crippen LogP contribution in [0.3, 0.4) is 0 Å². The van der Waals surface area contributed by atoms with Crippen molar-refractivity contribution in [3.05, 3.63) is 11.3 Å². The van der Waals surface area contributed by atoms with E-state index in [1.807, 2.05) is 11.7 Å². The minimum Gasteiger partial charge on any atom is -0.481 e. The van der Waals surface area contributed by atoms with Crippen molar-refractivity contribution < 1.29 is 4.74 Å². The van der Waals surface area contributed by atoms with Crippen LogP contribution >= 0.6 is 0 Å². The van der Waals surface area contributed by atoms with Crippen LogP contribution in [0, 0.1) is 6.92 Å². The predicted molar refractivity (Wildman–Crippen MR) is 82.6 cm³/mol. The lowest BCUT2D eigenvalue weighted by molar-refractivity contribution is 0.0974. The van der Waals surface area contributed by atoms with Crippen molar-refractivity contribution in [2.75, 3.05) is 46.4 Å². The highest BCUT2D eigenvalue weighted by Crippen LogP contribution is 2.23. The van der Waals surface area contributed by atoms with Crippen LogP contribution in [0.5, 0.6) is 5.88 Å². The molecule has 2 aliphatic rings. The fourth-order valence-electron chi connectivity index (χ4n) is 3.58. The third-order valence-electron chi connectivity index (χ3n) is 4.82. The third-order valence-corrected chi connectivity index (χ3v) is 4.82. The molecule has 0 amide bonds. The molecule has 1 unspecified atom stereocenters. The summed E-state index contributed by atoms with van der Waals surface area (Å²) in [7, 11) is 3.67. The zero-order chi connectivity index (χ0) is 14.8. The highest BCUT2D eigenvalue weighted by molar-refractivity contribution is 5.30. The number of nitrogens with one attached hydrogen (secondary N) is 1. The molecule has 3 rings (SSSR count). The second-order valence-electron chi connectivity index (χ2n) is 6.16. The Labute approximate surface area is 127 Å². The summed E-state index contributed by atoms with van der Waals surface area (Å²) in [6.07, 6.45) is 1.30. The second kappa shape index (κ2) is 6.34. The predicted octanol–water partition coefficient (Wildman–Crippen LogP) is 0.217. The minimum atomic E-state index is 0.752. The van der Waals surface area contributed by atoms with Gasteiger partial charge in [-0.05, 0) is 19.9 Å². The molecule has 0 bridgehead atoms. The smallest absolute Gasteiger partial charge is 0.216 e. The first-order valence-corrected chi connectivity index (χ1v) is 7.92. The summed E-state index contributed by atoms with van der Waals surface area (Å²) in [5.41, 5.74) is 2.31. The Morgan fingerprint density at radius 1 is 1.29 bits per heavy atom. The van der Waals surface area contributed by atoms with Crippen LogP contribution in [0.4, 0.5) is 0 Å². The van der Waals surface area contributed by atoms with Gasteiger partial charge in [-0.2, -0.15) is 5.10 Å². The summed E-state index contributed by atoms with van der Waals surface area (Å²) in [4.78, 5) is 5.16. The monoisotopic (exact) mass is 293 g/mol. The summed E-state index contributed by atoms with van der Waals surface area (Å²) in [5.74, 6) is 0.898. The van der Waals surface area contributed by atoms with Gasteiger partial charge in [0, 0.05) is 52.4 Å². The highest BCUT2D eigenvalue weighted by Gasteiger charge is 2.27. The number of nitrogens with zero attached hydrogens (tertiary/aromatic N) is 4. The Morgan fingerprint density at radius 3 is 2.67 bits per heavy atom. The van der Waals surface area contributed by atoms with Gasteiger partial charge in [0.2, 0.25) is 5.88 Å². The second-order valence-corrected chi connectivity index (χ2v) is 6.16. The lowest BCUT2D eigenvalue weighted by Gasteiger charge is -2.37. The van der Waals surface area contributed by atoms with Gasteiger partial charge in [0.05, 0.1) is 18.4 Å². The molecule has 0 saturated carbocycles. The summed E-state index contributed by atoms with van der Waals surface area (Å²) in [6, 6.07) is 0.752. The van der Waals surface area contributed by atoms with Gasteiger partial charge >= 0.3 is 0 Å². The molecule has 6 heteroatoms. The molecule has 0 aliphatic carbocycles. The van der Waals surface area contributed by atoms with Crippen molar-refractivity contribution in [2.45, 2.75) is 25.9 Å². The zero-order valence-electron chi connectivity index (χ0n) is 13.4. The molecular weight excluding hydrogens is 266 g/mol. The maximum atomic E-state index is 5.50. The molecular formula is C15H27N5O. The summed E-state index contributed by atoms with van der Waals surface area (Å²) in [5, 5.41) is 7.93. The summed E-state index contributed by atoms with van der Waals surface area (Å²) in [6.45, 7) is 9.97. The first kappa shape index (κ1) is 14.8. The minimum absolute atomic E-state index is 0.752. The van der Waals surface area contributed by atoms with Crippen LogP contribution in [-0.4, -0.2) is 72.0 Å². The van der Waals surface area contributed by atoms with E-state index in [1.165, 1.54) is 31.6 Å². The van der Waals surface area contributed by atoms with Crippen LogP contribution < -0.4 is 10.1 Å². The van der Waals surface area contributed by atoms with Crippen molar-refractivity contribution in [3.63, 3.8) is 0 Å². The van der Waals surface area contributed by atoms with Gasteiger partial charge in [-0.15, -0.1) is 0 Å². The van der Waals surface area contributed by atoms with Gasteiger partial charge in [0.15, 0.2) is 0 Å². The lowest BCUT2D eigenvalue weighted by Crippen LogP contribution is -2.50. The number of hydrogen-bond donors (Lipinski definition) is 1. The maximum Gasteiger partial charge on any atom is 0.216 e. The number of aromatic nitrogens is 2. The molecule has 3 heterocycles. The number of methoxy groups -OCH3 is 1. The molecule has 21 heavy (non-hydrogen) atoms. The first-order chi connectivity index (χ1) is 10.2. The maximum absolute atomic E-state index is 5.50. The molecule has 0 spiro atoms. The van der Waals surface area contributed by atoms with Gasteiger partial charge < -0.3 is 10.1 Å². The Kier molecular flexibility index (Phi) is 4.47. The van der Waals surface area contributed by atoms with Crippen molar-refractivity contribution in [2.24, 2.45) is 7.05 Å². The Balaban J connectivity index is 1.58. The number of aryl methyl sites for hydroxylation is 2. The molecule has 2 fully saturated rings. The van der Waals surface area contributed by atoms with E-state index in [4.69, 9.17) is 4.74 Å². The topological polar surface area (TPSA) is 45.6 Å².